The molecule has 0 aromatic heterocycles. The Morgan fingerprint density at radius 1 is 1.39 bits per heavy atom. The molecule has 0 bridgehead atoms. The first-order chi connectivity index (χ1) is 8.72. The number of nitrogens with one attached hydrogen (secondary N) is 1. The van der Waals surface area contributed by atoms with Crippen LogP contribution < -0.4 is 5.32 Å². The van der Waals surface area contributed by atoms with Crippen molar-refractivity contribution in [1.82, 2.24) is 0 Å². The van der Waals surface area contributed by atoms with Crippen LogP contribution in [0.3, 0.4) is 0 Å². The summed E-state index contributed by atoms with van der Waals surface area (Å²) in [5.74, 6) is 1.70. The predicted octanol–water partition coefficient (Wildman–Crippen LogP) is 3.82. The van der Waals surface area contributed by atoms with Crippen LogP contribution in [0.1, 0.15) is 24.8 Å². The van der Waals surface area contributed by atoms with Crippen molar-refractivity contribution in [2.45, 2.75) is 32.2 Å². The molecule has 2 unspecified atom stereocenters. The Kier molecular flexibility index (Phi) is 3.29. The molecule has 0 spiro atoms. The minimum Gasteiger partial charge on any atom is -0.335 e. The van der Waals surface area contributed by atoms with Crippen LogP contribution in [0.15, 0.2) is 23.2 Å². The van der Waals surface area contributed by atoms with E-state index in [2.05, 4.69) is 5.32 Å². The Hall–Kier alpha value is -1.03. The van der Waals surface area contributed by atoms with Crippen LogP contribution >= 0.6 is 11.8 Å². The molecule has 18 heavy (non-hydrogen) atoms. The van der Waals surface area contributed by atoms with E-state index in [0.29, 0.717) is 6.04 Å². The first-order valence-corrected chi connectivity index (χ1v) is 7.45. The van der Waals surface area contributed by atoms with Gasteiger partial charge in [0, 0.05) is 11.4 Å². The van der Waals surface area contributed by atoms with E-state index < -0.39 is 0 Å². The van der Waals surface area contributed by atoms with Gasteiger partial charge in [-0.15, -0.1) is 0 Å². The SMILES string of the molecule is Cc1ccc(F)cc1NC1=NC2CCCC2CS1. The van der Waals surface area contributed by atoms with E-state index in [1.54, 1.807) is 23.9 Å². The lowest BCUT2D eigenvalue weighted by molar-refractivity contribution is 0.535. The fraction of sp³-hybridized carbons (Fsp3) is 0.500. The maximum absolute atomic E-state index is 13.2. The van der Waals surface area contributed by atoms with Crippen molar-refractivity contribution in [2.75, 3.05) is 11.1 Å². The number of thioether (sulfide) groups is 1. The Morgan fingerprint density at radius 3 is 3.17 bits per heavy atom. The number of rotatable bonds is 1. The quantitative estimate of drug-likeness (QED) is 0.834. The van der Waals surface area contributed by atoms with Gasteiger partial charge in [0.05, 0.1) is 6.04 Å². The fourth-order valence-electron chi connectivity index (χ4n) is 2.67. The predicted molar refractivity (Wildman–Crippen MR) is 75.8 cm³/mol. The van der Waals surface area contributed by atoms with Gasteiger partial charge in [-0.05, 0) is 43.4 Å². The number of halogens is 1. The molecular weight excluding hydrogens is 247 g/mol. The molecule has 2 aliphatic rings. The van der Waals surface area contributed by atoms with Gasteiger partial charge in [0.2, 0.25) is 0 Å². The largest absolute Gasteiger partial charge is 0.335 e. The second-order valence-corrected chi connectivity index (χ2v) is 6.10. The summed E-state index contributed by atoms with van der Waals surface area (Å²) in [4.78, 5) is 4.76. The van der Waals surface area contributed by atoms with Gasteiger partial charge >= 0.3 is 0 Å². The van der Waals surface area contributed by atoms with Crippen molar-refractivity contribution in [2.24, 2.45) is 10.9 Å². The highest BCUT2D eigenvalue weighted by Gasteiger charge is 2.31. The van der Waals surface area contributed by atoms with Crippen molar-refractivity contribution in [3.63, 3.8) is 0 Å². The third-order valence-corrected chi connectivity index (χ3v) is 4.85. The van der Waals surface area contributed by atoms with E-state index in [9.17, 15) is 4.39 Å². The zero-order valence-corrected chi connectivity index (χ0v) is 11.3. The van der Waals surface area contributed by atoms with Gasteiger partial charge in [-0.2, -0.15) is 0 Å². The van der Waals surface area contributed by atoms with Gasteiger partial charge in [-0.3, -0.25) is 4.99 Å². The molecule has 1 aliphatic carbocycles. The molecular formula is C14H17FN2S. The molecule has 1 aliphatic heterocycles. The number of amidine groups is 1. The minimum absolute atomic E-state index is 0.205. The number of aryl methyl sites for hydroxylation is 1. The number of hydrogen-bond acceptors (Lipinski definition) is 3. The normalized spacial score (nSPS) is 26.7. The Balaban J connectivity index is 1.78. The van der Waals surface area contributed by atoms with E-state index in [1.165, 1.54) is 25.3 Å². The van der Waals surface area contributed by atoms with Gasteiger partial charge in [-0.1, -0.05) is 24.2 Å². The molecule has 1 aromatic carbocycles. The van der Waals surface area contributed by atoms with E-state index >= 15 is 0 Å². The summed E-state index contributed by atoms with van der Waals surface area (Å²) < 4.78 is 13.2. The van der Waals surface area contributed by atoms with Gasteiger partial charge in [-0.25, -0.2) is 4.39 Å². The summed E-state index contributed by atoms with van der Waals surface area (Å²) in [6.45, 7) is 1.98. The zero-order chi connectivity index (χ0) is 12.5. The third-order valence-electron chi connectivity index (χ3n) is 3.78. The lowest BCUT2D eigenvalue weighted by atomic mass is 10.1. The molecule has 3 rings (SSSR count). The van der Waals surface area contributed by atoms with Gasteiger partial charge in [0.1, 0.15) is 5.82 Å². The van der Waals surface area contributed by atoms with Crippen molar-refractivity contribution in [3.8, 4) is 0 Å². The average molecular weight is 264 g/mol. The molecule has 1 aromatic rings. The highest BCUT2D eigenvalue weighted by Crippen LogP contribution is 2.35. The second kappa shape index (κ2) is 4.92. The number of fused-ring (bicyclic) bond motifs is 1. The number of hydrogen-bond donors (Lipinski definition) is 1. The van der Waals surface area contributed by atoms with Crippen LogP contribution in [0.2, 0.25) is 0 Å². The van der Waals surface area contributed by atoms with Crippen molar-refractivity contribution < 1.29 is 4.39 Å². The Labute approximate surface area is 111 Å². The Bertz CT molecular complexity index is 487. The number of benzene rings is 1. The van der Waals surface area contributed by atoms with Gasteiger partial charge in [0.15, 0.2) is 5.17 Å². The fourth-order valence-corrected chi connectivity index (χ4v) is 3.82. The van der Waals surface area contributed by atoms with Gasteiger partial charge in [0.25, 0.3) is 0 Å². The zero-order valence-electron chi connectivity index (χ0n) is 10.4. The molecule has 4 heteroatoms. The molecule has 1 heterocycles. The summed E-state index contributed by atoms with van der Waals surface area (Å²) in [5.41, 5.74) is 1.88. The molecule has 0 saturated heterocycles. The first-order valence-electron chi connectivity index (χ1n) is 6.46. The van der Waals surface area contributed by atoms with Crippen LogP contribution in [0, 0.1) is 18.7 Å². The standard InChI is InChI=1S/C14H17FN2S/c1-9-5-6-11(15)7-13(9)17-14-16-12-4-2-3-10(12)8-18-14/h5-7,10,12H,2-4,8H2,1H3,(H,16,17). The first kappa shape index (κ1) is 12.0. The Morgan fingerprint density at radius 2 is 2.28 bits per heavy atom. The lowest BCUT2D eigenvalue weighted by Gasteiger charge is -2.23. The third kappa shape index (κ3) is 2.39. The number of nitrogens with zero attached hydrogens (tertiary/aromatic N) is 1. The summed E-state index contributed by atoms with van der Waals surface area (Å²) in [5, 5.41) is 4.23. The maximum atomic E-state index is 13.2. The maximum Gasteiger partial charge on any atom is 0.161 e. The highest BCUT2D eigenvalue weighted by atomic mass is 32.2. The average Bonchev–Trinajstić information content (AvgIpc) is 2.81. The van der Waals surface area contributed by atoms with Crippen molar-refractivity contribution in [3.05, 3.63) is 29.6 Å². The van der Waals surface area contributed by atoms with Gasteiger partial charge < -0.3 is 5.32 Å². The smallest absolute Gasteiger partial charge is 0.161 e. The molecule has 0 amide bonds. The summed E-state index contributed by atoms with van der Waals surface area (Å²) in [6.07, 6.45) is 3.82. The molecule has 0 radical (unpaired) electrons. The molecule has 2 nitrogen and oxygen atoms in total. The summed E-state index contributed by atoms with van der Waals surface area (Å²) in [6, 6.07) is 5.31. The van der Waals surface area contributed by atoms with E-state index in [4.69, 9.17) is 4.99 Å². The molecule has 1 N–H and O–H groups in total. The van der Waals surface area contributed by atoms with Crippen molar-refractivity contribution >= 4 is 22.6 Å². The molecule has 1 fully saturated rings. The lowest BCUT2D eigenvalue weighted by Crippen LogP contribution is -2.25. The van der Waals surface area contributed by atoms with Crippen LogP contribution in [-0.4, -0.2) is 17.0 Å². The summed E-state index contributed by atoms with van der Waals surface area (Å²) in [7, 11) is 0. The second-order valence-electron chi connectivity index (χ2n) is 5.09. The van der Waals surface area contributed by atoms with E-state index in [0.717, 1.165) is 28.1 Å². The van der Waals surface area contributed by atoms with Crippen LogP contribution in [0.5, 0.6) is 0 Å². The minimum atomic E-state index is -0.205. The van der Waals surface area contributed by atoms with Crippen LogP contribution in [-0.2, 0) is 0 Å². The van der Waals surface area contributed by atoms with E-state index in [-0.39, 0.29) is 5.82 Å². The topological polar surface area (TPSA) is 24.4 Å². The van der Waals surface area contributed by atoms with Crippen LogP contribution in [0.25, 0.3) is 0 Å². The molecule has 1 saturated carbocycles. The van der Waals surface area contributed by atoms with E-state index in [1.807, 2.05) is 6.92 Å². The highest BCUT2D eigenvalue weighted by molar-refractivity contribution is 8.14. The van der Waals surface area contributed by atoms with Crippen LogP contribution in [0.4, 0.5) is 10.1 Å². The number of aliphatic imine (C=N–C) groups is 1. The monoisotopic (exact) mass is 264 g/mol. The molecule has 96 valence electrons. The van der Waals surface area contributed by atoms with Crippen molar-refractivity contribution in [1.29, 1.82) is 0 Å². The summed E-state index contributed by atoms with van der Waals surface area (Å²) >= 11 is 1.77. The molecule has 2 atom stereocenters. The number of anilines is 1.